The van der Waals surface area contributed by atoms with Crippen LogP contribution in [0.2, 0.25) is 0 Å². The summed E-state index contributed by atoms with van der Waals surface area (Å²) in [6.45, 7) is 9.13. The van der Waals surface area contributed by atoms with Crippen molar-refractivity contribution < 1.29 is 18.7 Å². The van der Waals surface area contributed by atoms with Gasteiger partial charge in [0.25, 0.3) is 5.91 Å². The van der Waals surface area contributed by atoms with Crippen LogP contribution in [0.15, 0.2) is 27.1 Å². The number of amides is 1. The van der Waals surface area contributed by atoms with E-state index >= 15 is 0 Å². The summed E-state index contributed by atoms with van der Waals surface area (Å²) < 4.78 is 11.9. The number of carbonyl (C=O) groups is 2. The zero-order chi connectivity index (χ0) is 20.3. The van der Waals surface area contributed by atoms with E-state index in [0.717, 1.165) is 41.2 Å². The standard InChI is InChI=1S/C22H26BrNO4/c1-13-16-7-14(23)5-6-17(16)28-19(13)20(26)27-10-18(25)24-12-22(4)9-15(24)8-21(2,3)11-22/h5-7,15H,8-12H2,1-4H3/t15-,22+/m1/s1. The van der Waals surface area contributed by atoms with Crippen molar-refractivity contribution in [2.45, 2.75) is 53.0 Å². The molecule has 2 aliphatic rings. The maximum absolute atomic E-state index is 12.8. The van der Waals surface area contributed by atoms with Crippen molar-refractivity contribution >= 4 is 38.8 Å². The van der Waals surface area contributed by atoms with Crippen molar-refractivity contribution in [3.05, 3.63) is 34.0 Å². The fraction of sp³-hybridized carbons (Fsp3) is 0.545. The summed E-state index contributed by atoms with van der Waals surface area (Å²) in [4.78, 5) is 27.2. The number of rotatable bonds is 3. The van der Waals surface area contributed by atoms with Crippen LogP contribution in [0.4, 0.5) is 0 Å². The van der Waals surface area contributed by atoms with Gasteiger partial charge in [-0.15, -0.1) is 0 Å². The summed E-state index contributed by atoms with van der Waals surface area (Å²) in [6, 6.07) is 5.81. The summed E-state index contributed by atoms with van der Waals surface area (Å²) in [5, 5.41) is 0.858. The van der Waals surface area contributed by atoms with Crippen LogP contribution in [0, 0.1) is 17.8 Å². The Bertz CT molecular complexity index is 963. The fourth-order valence-electron chi connectivity index (χ4n) is 5.42. The molecule has 2 aromatic rings. The highest BCUT2D eigenvalue weighted by molar-refractivity contribution is 9.10. The minimum atomic E-state index is -0.591. The molecule has 0 N–H and O–H groups in total. The number of nitrogens with zero attached hydrogens (tertiary/aromatic N) is 1. The summed E-state index contributed by atoms with van der Waals surface area (Å²) >= 11 is 3.43. The van der Waals surface area contributed by atoms with Crippen LogP contribution in [0.5, 0.6) is 0 Å². The minimum Gasteiger partial charge on any atom is -0.450 e. The number of furan rings is 1. The molecule has 150 valence electrons. The number of esters is 1. The van der Waals surface area contributed by atoms with Gasteiger partial charge in [0.05, 0.1) is 0 Å². The van der Waals surface area contributed by atoms with Crippen molar-refractivity contribution in [2.24, 2.45) is 10.8 Å². The molecule has 0 unspecified atom stereocenters. The molecule has 4 rings (SSSR count). The van der Waals surface area contributed by atoms with Crippen molar-refractivity contribution in [3.63, 3.8) is 0 Å². The highest BCUT2D eigenvalue weighted by Crippen LogP contribution is 2.52. The molecule has 1 saturated carbocycles. The molecule has 2 fully saturated rings. The molecule has 1 aromatic heterocycles. The van der Waals surface area contributed by atoms with Gasteiger partial charge in [0, 0.05) is 28.0 Å². The van der Waals surface area contributed by atoms with Crippen LogP contribution < -0.4 is 0 Å². The van der Waals surface area contributed by atoms with Gasteiger partial charge >= 0.3 is 5.97 Å². The second kappa shape index (κ2) is 6.61. The van der Waals surface area contributed by atoms with Gasteiger partial charge in [0.1, 0.15) is 5.58 Å². The van der Waals surface area contributed by atoms with Gasteiger partial charge in [-0.3, -0.25) is 4.79 Å². The molecular weight excluding hydrogens is 422 g/mol. The predicted molar refractivity (Wildman–Crippen MR) is 110 cm³/mol. The normalized spacial score (nSPS) is 25.9. The fourth-order valence-corrected chi connectivity index (χ4v) is 5.78. The Morgan fingerprint density at radius 1 is 1.29 bits per heavy atom. The van der Waals surface area contributed by atoms with Gasteiger partial charge in [-0.05, 0) is 55.2 Å². The smallest absolute Gasteiger partial charge is 0.375 e. The number of carbonyl (C=O) groups excluding carboxylic acids is 2. The molecule has 1 aliphatic heterocycles. The maximum atomic E-state index is 12.8. The maximum Gasteiger partial charge on any atom is 0.375 e. The Balaban J connectivity index is 1.44. The molecule has 1 amide bonds. The van der Waals surface area contributed by atoms with E-state index in [9.17, 15) is 9.59 Å². The summed E-state index contributed by atoms with van der Waals surface area (Å²) in [6.07, 6.45) is 3.15. The summed E-state index contributed by atoms with van der Waals surface area (Å²) in [5.41, 5.74) is 1.75. The summed E-state index contributed by atoms with van der Waals surface area (Å²) in [5.74, 6) is -0.544. The van der Waals surface area contributed by atoms with Crippen LogP contribution in [0.3, 0.4) is 0 Å². The first-order valence-electron chi connectivity index (χ1n) is 9.72. The third kappa shape index (κ3) is 3.47. The van der Waals surface area contributed by atoms with Gasteiger partial charge in [-0.1, -0.05) is 36.7 Å². The van der Waals surface area contributed by atoms with E-state index in [4.69, 9.17) is 9.15 Å². The third-order valence-electron chi connectivity index (χ3n) is 6.15. The molecule has 6 heteroatoms. The first-order valence-corrected chi connectivity index (χ1v) is 10.5. The lowest BCUT2D eigenvalue weighted by Gasteiger charge is -2.39. The van der Waals surface area contributed by atoms with Gasteiger partial charge in [-0.25, -0.2) is 4.79 Å². The Hall–Kier alpha value is -1.82. The zero-order valence-corrected chi connectivity index (χ0v) is 18.4. The highest BCUT2D eigenvalue weighted by atomic mass is 79.9. The molecule has 1 aliphatic carbocycles. The van der Waals surface area contributed by atoms with E-state index in [2.05, 4.69) is 36.7 Å². The second-order valence-corrected chi connectivity index (χ2v) is 10.4. The number of hydrogen-bond donors (Lipinski definition) is 0. The largest absolute Gasteiger partial charge is 0.450 e. The number of benzene rings is 1. The first kappa shape index (κ1) is 19.5. The van der Waals surface area contributed by atoms with Gasteiger partial charge in [0.15, 0.2) is 6.61 Å². The van der Waals surface area contributed by atoms with E-state index in [1.54, 1.807) is 6.07 Å². The lowest BCUT2D eigenvalue weighted by Crippen LogP contribution is -2.39. The molecule has 2 bridgehead atoms. The Morgan fingerprint density at radius 3 is 2.79 bits per heavy atom. The zero-order valence-electron chi connectivity index (χ0n) is 16.8. The number of hydrogen-bond acceptors (Lipinski definition) is 4. The number of halogens is 1. The number of fused-ring (bicyclic) bond motifs is 3. The minimum absolute atomic E-state index is 0.115. The lowest BCUT2D eigenvalue weighted by molar-refractivity contribution is -0.135. The van der Waals surface area contributed by atoms with Crippen molar-refractivity contribution in [1.82, 2.24) is 4.90 Å². The molecule has 2 atom stereocenters. The molecular formula is C22H26BrNO4. The molecule has 0 radical (unpaired) electrons. The van der Waals surface area contributed by atoms with Crippen molar-refractivity contribution in [3.8, 4) is 0 Å². The SMILES string of the molecule is Cc1c(C(=O)OCC(=O)N2C[C@@]3(C)C[C@H]2CC(C)(C)C3)oc2ccc(Br)cc12. The third-order valence-corrected chi connectivity index (χ3v) is 6.64. The monoisotopic (exact) mass is 447 g/mol. The van der Waals surface area contributed by atoms with Crippen LogP contribution in [-0.4, -0.2) is 36.0 Å². The van der Waals surface area contributed by atoms with Gasteiger partial charge < -0.3 is 14.1 Å². The van der Waals surface area contributed by atoms with Crippen molar-refractivity contribution in [2.75, 3.05) is 13.2 Å². The Labute approximate surface area is 173 Å². The Morgan fingerprint density at radius 2 is 2.04 bits per heavy atom. The molecule has 28 heavy (non-hydrogen) atoms. The van der Waals surface area contributed by atoms with Gasteiger partial charge in [-0.2, -0.15) is 0 Å². The number of likely N-dealkylation sites (tertiary alicyclic amines) is 1. The quantitative estimate of drug-likeness (QED) is 0.614. The number of aryl methyl sites for hydroxylation is 1. The topological polar surface area (TPSA) is 59.8 Å². The highest BCUT2D eigenvalue weighted by Gasteiger charge is 2.50. The van der Waals surface area contributed by atoms with E-state index in [1.165, 1.54) is 0 Å². The van der Waals surface area contributed by atoms with Crippen LogP contribution >= 0.6 is 15.9 Å². The van der Waals surface area contributed by atoms with Gasteiger partial charge in [0.2, 0.25) is 5.76 Å². The average molecular weight is 448 g/mol. The van der Waals surface area contributed by atoms with Crippen LogP contribution in [0.1, 0.15) is 56.2 Å². The van der Waals surface area contributed by atoms with Crippen LogP contribution in [0.25, 0.3) is 11.0 Å². The van der Waals surface area contributed by atoms with E-state index in [-0.39, 0.29) is 35.1 Å². The van der Waals surface area contributed by atoms with Crippen molar-refractivity contribution in [1.29, 1.82) is 0 Å². The van der Waals surface area contributed by atoms with E-state index in [1.807, 2.05) is 24.0 Å². The number of ether oxygens (including phenoxy) is 1. The molecule has 5 nitrogen and oxygen atoms in total. The first-order chi connectivity index (χ1) is 13.1. The molecule has 1 saturated heterocycles. The molecule has 1 aromatic carbocycles. The molecule has 2 heterocycles. The summed E-state index contributed by atoms with van der Waals surface area (Å²) in [7, 11) is 0. The van der Waals surface area contributed by atoms with E-state index in [0.29, 0.717) is 5.58 Å². The Kier molecular flexibility index (Phi) is 4.60. The lowest BCUT2D eigenvalue weighted by atomic mass is 9.65. The predicted octanol–water partition coefficient (Wildman–Crippen LogP) is 5.09. The second-order valence-electron chi connectivity index (χ2n) is 9.51. The van der Waals surface area contributed by atoms with E-state index < -0.39 is 5.97 Å². The molecule has 0 spiro atoms. The average Bonchev–Trinajstić information content (AvgIpc) is 3.05. The van der Waals surface area contributed by atoms with Crippen LogP contribution in [-0.2, 0) is 9.53 Å².